The minimum absolute atomic E-state index is 0.121. The second-order valence-electron chi connectivity index (χ2n) is 2.67. The Balaban J connectivity index is 3.23. The molecule has 70 valence electrons. The van der Waals surface area contributed by atoms with Crippen molar-refractivity contribution < 1.29 is 10.9 Å². The number of aromatic nitrogens is 1. The highest BCUT2D eigenvalue weighted by Crippen LogP contribution is 2.14. The monoisotopic (exact) mass is 181 g/mol. The largest absolute Gasteiger partial charge is 0.480 e. The molecule has 0 aliphatic heterocycles. The van der Waals surface area contributed by atoms with Gasteiger partial charge in [0.1, 0.15) is 5.56 Å². The van der Waals surface area contributed by atoms with Gasteiger partial charge >= 0.3 is 0 Å². The van der Waals surface area contributed by atoms with Gasteiger partial charge in [0.2, 0.25) is 5.88 Å². The lowest BCUT2D eigenvalue weighted by Crippen LogP contribution is -2.22. The molecule has 0 aliphatic rings. The van der Waals surface area contributed by atoms with Crippen LogP contribution in [0.15, 0.2) is 18.3 Å². The van der Waals surface area contributed by atoms with E-state index in [2.05, 4.69) is 4.98 Å². The van der Waals surface area contributed by atoms with Gasteiger partial charge in [0.15, 0.2) is 0 Å². The highest BCUT2D eigenvalue weighted by atomic mass is 16.5. The highest BCUT2D eigenvalue weighted by molar-refractivity contribution is 5.95. The lowest BCUT2D eigenvalue weighted by molar-refractivity contribution is 0.0823. The van der Waals surface area contributed by atoms with Crippen LogP contribution in [-0.2, 0) is 0 Å². The maximum Gasteiger partial charge on any atom is 0.258 e. The molecule has 0 saturated heterocycles. The predicted octanol–water partition coefficient (Wildman–Crippen LogP) is 0.792. The molecule has 0 aliphatic carbocycles. The quantitative estimate of drug-likeness (QED) is 0.677. The Morgan fingerprint density at radius 3 is 2.92 bits per heavy atom. The summed E-state index contributed by atoms with van der Waals surface area (Å²) in [6.07, 6.45) is 1.44. The summed E-state index contributed by atoms with van der Waals surface area (Å²) in [5.74, 6) is -0.0869. The SMILES string of the molecule is [2H]c1ccnc(OC)c1C(=O)N(C)C. The molecule has 1 amide bonds. The molecule has 0 fully saturated rings. The molecule has 4 nitrogen and oxygen atoms in total. The average molecular weight is 181 g/mol. The topological polar surface area (TPSA) is 42.4 Å². The molecule has 0 saturated carbocycles. The number of amides is 1. The summed E-state index contributed by atoms with van der Waals surface area (Å²) < 4.78 is 12.5. The van der Waals surface area contributed by atoms with Crippen molar-refractivity contribution in [2.24, 2.45) is 0 Å². The zero-order chi connectivity index (χ0) is 10.7. The summed E-state index contributed by atoms with van der Waals surface area (Å²) in [6.45, 7) is 0. The van der Waals surface area contributed by atoms with Gasteiger partial charge in [-0.25, -0.2) is 4.98 Å². The zero-order valence-electron chi connectivity index (χ0n) is 8.87. The Kier molecular flexibility index (Phi) is 2.40. The van der Waals surface area contributed by atoms with Crippen molar-refractivity contribution in [2.75, 3.05) is 21.2 Å². The van der Waals surface area contributed by atoms with Crippen molar-refractivity contribution in [1.29, 1.82) is 0 Å². The van der Waals surface area contributed by atoms with Crippen molar-refractivity contribution in [3.8, 4) is 5.88 Å². The lowest BCUT2D eigenvalue weighted by Gasteiger charge is -2.11. The van der Waals surface area contributed by atoms with Crippen molar-refractivity contribution in [3.63, 3.8) is 0 Å². The fourth-order valence-corrected chi connectivity index (χ4v) is 0.883. The minimum Gasteiger partial charge on any atom is -0.480 e. The molecule has 0 spiro atoms. The first-order valence-electron chi connectivity index (χ1n) is 4.29. The van der Waals surface area contributed by atoms with E-state index in [0.29, 0.717) is 0 Å². The standard InChI is InChI=1S/C9H12N2O2/c1-11(2)9(12)7-5-4-6-10-8(7)13-3/h4-6H,1-3H3/i5D. The first-order chi connectivity index (χ1) is 6.57. The third-order valence-electron chi connectivity index (χ3n) is 1.52. The number of rotatable bonds is 2. The molecule has 4 heteroatoms. The molecule has 0 atom stereocenters. The molecule has 13 heavy (non-hydrogen) atoms. The van der Waals surface area contributed by atoms with Gasteiger partial charge in [-0.3, -0.25) is 4.79 Å². The summed E-state index contributed by atoms with van der Waals surface area (Å²) in [6, 6.07) is 1.58. The van der Waals surface area contributed by atoms with Crippen LogP contribution in [0.3, 0.4) is 0 Å². The Bertz CT molecular complexity index is 353. The Labute approximate surface area is 78.6 Å². The van der Waals surface area contributed by atoms with E-state index in [0.717, 1.165) is 0 Å². The number of methoxy groups -OCH3 is 1. The van der Waals surface area contributed by atoms with E-state index >= 15 is 0 Å². The van der Waals surface area contributed by atoms with Gasteiger partial charge in [-0.15, -0.1) is 0 Å². The van der Waals surface area contributed by atoms with Crippen LogP contribution in [0.4, 0.5) is 0 Å². The molecule has 0 radical (unpaired) electrons. The second-order valence-corrected chi connectivity index (χ2v) is 2.67. The molecule has 0 N–H and O–H groups in total. The van der Waals surface area contributed by atoms with E-state index in [1.54, 1.807) is 14.1 Å². The van der Waals surface area contributed by atoms with Crippen LogP contribution in [0.5, 0.6) is 5.88 Å². The van der Waals surface area contributed by atoms with Gasteiger partial charge in [0.05, 0.1) is 8.48 Å². The third-order valence-corrected chi connectivity index (χ3v) is 1.52. The minimum atomic E-state index is -0.278. The van der Waals surface area contributed by atoms with E-state index in [-0.39, 0.29) is 23.4 Å². The van der Waals surface area contributed by atoms with Gasteiger partial charge in [0.25, 0.3) is 5.91 Å². The summed E-state index contributed by atoms with van der Waals surface area (Å²) in [7, 11) is 4.66. The molecular weight excluding hydrogens is 168 g/mol. The summed E-state index contributed by atoms with van der Waals surface area (Å²) in [5, 5.41) is 0. The number of nitrogens with zero attached hydrogens (tertiary/aromatic N) is 2. The van der Waals surface area contributed by atoms with Gasteiger partial charge in [0, 0.05) is 20.3 Å². The smallest absolute Gasteiger partial charge is 0.258 e. The molecule has 1 aromatic heterocycles. The molecule has 1 heterocycles. The number of hydrogen-bond donors (Lipinski definition) is 0. The number of carbonyl (C=O) groups is 1. The van der Waals surface area contributed by atoms with Crippen LogP contribution in [0.25, 0.3) is 0 Å². The van der Waals surface area contributed by atoms with Crippen LogP contribution >= 0.6 is 0 Å². The van der Waals surface area contributed by atoms with Crippen LogP contribution < -0.4 is 4.74 Å². The lowest BCUT2D eigenvalue weighted by atomic mass is 10.2. The van der Waals surface area contributed by atoms with Crippen molar-refractivity contribution in [3.05, 3.63) is 23.9 Å². The molecule has 1 aromatic rings. The Morgan fingerprint density at radius 2 is 2.38 bits per heavy atom. The van der Waals surface area contributed by atoms with Gasteiger partial charge in [-0.2, -0.15) is 0 Å². The average Bonchev–Trinajstić information content (AvgIpc) is 2.16. The Morgan fingerprint density at radius 1 is 1.69 bits per heavy atom. The number of hydrogen-bond acceptors (Lipinski definition) is 3. The van der Waals surface area contributed by atoms with Crippen molar-refractivity contribution in [1.82, 2.24) is 9.88 Å². The number of ether oxygens (including phenoxy) is 1. The Hall–Kier alpha value is -1.58. The fraction of sp³-hybridized carbons (Fsp3) is 0.333. The first kappa shape index (κ1) is 8.04. The fourth-order valence-electron chi connectivity index (χ4n) is 0.883. The molecular formula is C9H12N2O2. The van der Waals surface area contributed by atoms with E-state index in [4.69, 9.17) is 6.11 Å². The number of pyridine rings is 1. The summed E-state index contributed by atoms with van der Waals surface area (Å²) in [4.78, 5) is 16.9. The van der Waals surface area contributed by atoms with E-state index in [1.165, 1.54) is 24.3 Å². The number of carbonyl (C=O) groups excluding carboxylic acids is 1. The third kappa shape index (κ3) is 1.96. The van der Waals surface area contributed by atoms with Crippen molar-refractivity contribution >= 4 is 5.91 Å². The molecule has 0 unspecified atom stereocenters. The van der Waals surface area contributed by atoms with Crippen LogP contribution in [0, 0.1) is 0 Å². The van der Waals surface area contributed by atoms with Crippen LogP contribution in [0.2, 0.25) is 0 Å². The first-order valence-corrected chi connectivity index (χ1v) is 3.79. The maximum atomic E-state index is 11.6. The van der Waals surface area contributed by atoms with Crippen LogP contribution in [0.1, 0.15) is 11.7 Å². The van der Waals surface area contributed by atoms with E-state index in [1.807, 2.05) is 0 Å². The second kappa shape index (κ2) is 3.89. The van der Waals surface area contributed by atoms with Gasteiger partial charge in [-0.05, 0) is 12.1 Å². The predicted molar refractivity (Wildman–Crippen MR) is 48.8 cm³/mol. The molecule has 0 aromatic carbocycles. The molecule has 0 bridgehead atoms. The summed E-state index contributed by atoms with van der Waals surface area (Å²) >= 11 is 0. The zero-order valence-corrected chi connectivity index (χ0v) is 7.87. The van der Waals surface area contributed by atoms with Gasteiger partial charge in [-0.1, -0.05) is 0 Å². The maximum absolute atomic E-state index is 11.6. The van der Waals surface area contributed by atoms with E-state index in [9.17, 15) is 4.79 Å². The van der Waals surface area contributed by atoms with Gasteiger partial charge < -0.3 is 9.64 Å². The van der Waals surface area contributed by atoms with Crippen LogP contribution in [-0.4, -0.2) is 37.0 Å². The van der Waals surface area contributed by atoms with E-state index < -0.39 is 0 Å². The summed E-state index contributed by atoms with van der Waals surface area (Å²) in [5.41, 5.74) is 0.194. The normalized spacial score (nSPS) is 10.5. The molecule has 1 rings (SSSR count). The van der Waals surface area contributed by atoms with Crippen molar-refractivity contribution in [2.45, 2.75) is 0 Å². The highest BCUT2D eigenvalue weighted by Gasteiger charge is 2.13.